The molecule has 0 aliphatic heterocycles. The van der Waals surface area contributed by atoms with E-state index < -0.39 is 5.97 Å². The lowest BCUT2D eigenvalue weighted by Gasteiger charge is -2.36. The van der Waals surface area contributed by atoms with Gasteiger partial charge in [-0.25, -0.2) is 4.79 Å². The predicted octanol–water partition coefficient (Wildman–Crippen LogP) is 4.14. The summed E-state index contributed by atoms with van der Waals surface area (Å²) in [4.78, 5) is 24.5. The van der Waals surface area contributed by atoms with Crippen LogP contribution in [-0.4, -0.2) is 17.9 Å². The molecule has 3 unspecified atom stereocenters. The molecule has 0 aromatic rings. The van der Waals surface area contributed by atoms with Gasteiger partial charge in [-0.05, 0) is 43.4 Å². The zero-order chi connectivity index (χ0) is 15.4. The first kappa shape index (κ1) is 16.5. The molecule has 3 heteroatoms. The Morgan fingerprint density at radius 3 is 2.29 bits per heavy atom. The molecule has 0 aromatic carbocycles. The van der Waals surface area contributed by atoms with E-state index >= 15 is 0 Å². The molecular formula is C18H30O3. The lowest BCUT2D eigenvalue weighted by Crippen LogP contribution is -2.39. The number of hydrogen-bond donors (Lipinski definition) is 0. The van der Waals surface area contributed by atoms with Gasteiger partial charge in [0, 0.05) is 5.92 Å². The van der Waals surface area contributed by atoms with E-state index in [2.05, 4.69) is 20.8 Å². The van der Waals surface area contributed by atoms with Crippen LogP contribution in [0.3, 0.4) is 0 Å². The second kappa shape index (κ2) is 7.42. The van der Waals surface area contributed by atoms with Gasteiger partial charge in [0.05, 0.1) is 0 Å². The molecule has 3 nitrogen and oxygen atoms in total. The minimum atomic E-state index is -0.563. The van der Waals surface area contributed by atoms with Crippen LogP contribution in [0, 0.1) is 23.7 Å². The van der Waals surface area contributed by atoms with Crippen molar-refractivity contribution < 1.29 is 14.3 Å². The Morgan fingerprint density at radius 1 is 1.00 bits per heavy atom. The van der Waals surface area contributed by atoms with Gasteiger partial charge in [0.1, 0.15) is 6.10 Å². The highest BCUT2D eigenvalue weighted by Gasteiger charge is 2.36. The lowest BCUT2D eigenvalue weighted by molar-refractivity contribution is -0.165. The second-order valence-corrected chi connectivity index (χ2v) is 7.47. The minimum Gasteiger partial charge on any atom is -0.456 e. The van der Waals surface area contributed by atoms with Crippen LogP contribution in [0.1, 0.15) is 72.1 Å². The van der Waals surface area contributed by atoms with Gasteiger partial charge in [-0.15, -0.1) is 0 Å². The summed E-state index contributed by atoms with van der Waals surface area (Å²) < 4.78 is 5.66. The first-order valence-corrected chi connectivity index (χ1v) is 8.73. The Bertz CT molecular complexity index is 369. The van der Waals surface area contributed by atoms with E-state index in [1.807, 2.05) is 0 Å². The number of ether oxygens (including phenoxy) is 1. The molecule has 120 valence electrons. The van der Waals surface area contributed by atoms with Crippen molar-refractivity contribution in [2.24, 2.45) is 23.7 Å². The average molecular weight is 294 g/mol. The van der Waals surface area contributed by atoms with E-state index in [1.165, 1.54) is 12.8 Å². The highest BCUT2D eigenvalue weighted by molar-refractivity contribution is 6.34. The number of carbonyl (C=O) groups is 2. The predicted molar refractivity (Wildman–Crippen MR) is 82.8 cm³/mol. The average Bonchev–Trinajstić information content (AvgIpc) is 2.47. The van der Waals surface area contributed by atoms with Crippen molar-refractivity contribution in [2.75, 3.05) is 0 Å². The maximum absolute atomic E-state index is 12.3. The Kier molecular flexibility index (Phi) is 5.83. The molecule has 0 radical (unpaired) electrons. The molecule has 2 aliphatic rings. The molecule has 2 aliphatic carbocycles. The molecule has 0 bridgehead atoms. The minimum absolute atomic E-state index is 0.0613. The van der Waals surface area contributed by atoms with Gasteiger partial charge in [-0.2, -0.15) is 0 Å². The number of ketones is 1. The Balaban J connectivity index is 1.94. The SMILES string of the molecule is CC1CCC(C(C)C)C(OC(=O)C(=O)C2CCCCC2)C1. The maximum atomic E-state index is 12.3. The van der Waals surface area contributed by atoms with Gasteiger partial charge < -0.3 is 4.74 Å². The molecule has 0 spiro atoms. The third-order valence-corrected chi connectivity index (χ3v) is 5.40. The van der Waals surface area contributed by atoms with Gasteiger partial charge in [-0.3, -0.25) is 4.79 Å². The number of rotatable bonds is 4. The molecule has 2 rings (SSSR count). The van der Waals surface area contributed by atoms with Crippen LogP contribution in [0.25, 0.3) is 0 Å². The number of Topliss-reactive ketones (excluding diaryl/α,β-unsaturated/α-hetero) is 1. The van der Waals surface area contributed by atoms with Gasteiger partial charge in [0.25, 0.3) is 0 Å². The largest absolute Gasteiger partial charge is 0.456 e. The topological polar surface area (TPSA) is 43.4 Å². The standard InChI is InChI=1S/C18H30O3/c1-12(2)15-10-9-13(3)11-16(15)21-18(20)17(19)14-7-5-4-6-8-14/h12-16H,4-11H2,1-3H3. The quantitative estimate of drug-likeness (QED) is 0.578. The first-order valence-electron chi connectivity index (χ1n) is 8.73. The van der Waals surface area contributed by atoms with E-state index in [-0.39, 0.29) is 17.8 Å². The molecule has 0 heterocycles. The van der Waals surface area contributed by atoms with E-state index in [0.717, 1.165) is 38.5 Å². The second-order valence-electron chi connectivity index (χ2n) is 7.47. The van der Waals surface area contributed by atoms with Gasteiger partial charge in [0.2, 0.25) is 5.78 Å². The zero-order valence-electron chi connectivity index (χ0n) is 13.8. The monoisotopic (exact) mass is 294 g/mol. The van der Waals surface area contributed by atoms with Gasteiger partial charge in [0.15, 0.2) is 0 Å². The van der Waals surface area contributed by atoms with E-state index in [1.54, 1.807) is 0 Å². The summed E-state index contributed by atoms with van der Waals surface area (Å²) in [6.45, 7) is 6.58. The van der Waals surface area contributed by atoms with Crippen LogP contribution in [-0.2, 0) is 14.3 Å². The van der Waals surface area contributed by atoms with Crippen LogP contribution < -0.4 is 0 Å². The van der Waals surface area contributed by atoms with E-state index in [9.17, 15) is 9.59 Å². The molecule has 0 aromatic heterocycles. The highest BCUT2D eigenvalue weighted by atomic mass is 16.5. The van der Waals surface area contributed by atoms with Crippen LogP contribution >= 0.6 is 0 Å². The lowest BCUT2D eigenvalue weighted by atomic mass is 9.75. The van der Waals surface area contributed by atoms with Gasteiger partial charge in [-0.1, -0.05) is 46.5 Å². The van der Waals surface area contributed by atoms with Crippen LogP contribution in [0.5, 0.6) is 0 Å². The van der Waals surface area contributed by atoms with Crippen molar-refractivity contribution in [1.29, 1.82) is 0 Å². The van der Waals surface area contributed by atoms with E-state index in [4.69, 9.17) is 4.74 Å². The number of esters is 1. The van der Waals surface area contributed by atoms with Crippen LogP contribution in [0.15, 0.2) is 0 Å². The fourth-order valence-corrected chi connectivity index (χ4v) is 3.98. The van der Waals surface area contributed by atoms with Crippen molar-refractivity contribution in [2.45, 2.75) is 78.2 Å². The summed E-state index contributed by atoms with van der Waals surface area (Å²) >= 11 is 0. The number of carbonyl (C=O) groups excluding carboxylic acids is 2. The molecule has 0 amide bonds. The summed E-state index contributed by atoms with van der Waals surface area (Å²) in [6.07, 6.45) is 8.21. The normalized spacial score (nSPS) is 31.1. The van der Waals surface area contributed by atoms with Crippen molar-refractivity contribution in [1.82, 2.24) is 0 Å². The molecule has 2 fully saturated rings. The molecule has 3 atom stereocenters. The third-order valence-electron chi connectivity index (χ3n) is 5.40. The molecule has 2 saturated carbocycles. The van der Waals surface area contributed by atoms with Gasteiger partial charge >= 0.3 is 5.97 Å². The van der Waals surface area contributed by atoms with Crippen molar-refractivity contribution >= 4 is 11.8 Å². The summed E-state index contributed by atoms with van der Waals surface area (Å²) in [6, 6.07) is 0. The number of hydrogen-bond acceptors (Lipinski definition) is 3. The fraction of sp³-hybridized carbons (Fsp3) is 0.889. The third kappa shape index (κ3) is 4.31. The van der Waals surface area contributed by atoms with Crippen molar-refractivity contribution in [3.63, 3.8) is 0 Å². The molecule has 21 heavy (non-hydrogen) atoms. The van der Waals surface area contributed by atoms with Crippen molar-refractivity contribution in [3.8, 4) is 0 Å². The first-order chi connectivity index (χ1) is 9.99. The van der Waals surface area contributed by atoms with Crippen molar-refractivity contribution in [3.05, 3.63) is 0 Å². The summed E-state index contributed by atoms with van der Waals surface area (Å²) in [5.74, 6) is 0.582. The maximum Gasteiger partial charge on any atom is 0.375 e. The highest BCUT2D eigenvalue weighted by Crippen LogP contribution is 2.35. The summed E-state index contributed by atoms with van der Waals surface area (Å²) in [7, 11) is 0. The Hall–Kier alpha value is -0.860. The van der Waals surface area contributed by atoms with Crippen LogP contribution in [0.2, 0.25) is 0 Å². The Labute approximate surface area is 128 Å². The Morgan fingerprint density at radius 2 is 1.67 bits per heavy atom. The zero-order valence-corrected chi connectivity index (χ0v) is 13.8. The summed E-state index contributed by atoms with van der Waals surface area (Å²) in [5, 5.41) is 0. The van der Waals surface area contributed by atoms with E-state index in [0.29, 0.717) is 17.8 Å². The summed E-state index contributed by atoms with van der Waals surface area (Å²) in [5.41, 5.74) is 0. The fourth-order valence-electron chi connectivity index (χ4n) is 3.98. The molecule has 0 N–H and O–H groups in total. The van der Waals surface area contributed by atoms with Crippen LogP contribution in [0.4, 0.5) is 0 Å². The molecule has 0 saturated heterocycles. The smallest absolute Gasteiger partial charge is 0.375 e. The molecular weight excluding hydrogens is 264 g/mol.